The van der Waals surface area contributed by atoms with Gasteiger partial charge < -0.3 is 10.1 Å². The summed E-state index contributed by atoms with van der Waals surface area (Å²) in [6.45, 7) is 0. The number of sulfonamides is 1. The van der Waals surface area contributed by atoms with Crippen molar-refractivity contribution >= 4 is 33.2 Å². The van der Waals surface area contributed by atoms with Gasteiger partial charge in [0.1, 0.15) is 5.75 Å². The molecule has 1 aliphatic carbocycles. The number of benzene rings is 4. The maximum Gasteiger partial charge on any atom is 0.256 e. The molecule has 0 spiro atoms. The summed E-state index contributed by atoms with van der Waals surface area (Å²) in [6, 6.07) is 26.4. The Morgan fingerprint density at radius 2 is 1.62 bits per heavy atom. The zero-order valence-corrected chi connectivity index (χ0v) is 21.6. The van der Waals surface area contributed by atoms with E-state index in [9.17, 15) is 13.2 Å². The monoisotopic (exact) mass is 532 g/mol. The molecule has 0 heterocycles. The lowest BCUT2D eigenvalue weighted by Gasteiger charge is -2.15. The van der Waals surface area contributed by atoms with Gasteiger partial charge in [-0.25, -0.2) is 13.1 Å². The fourth-order valence-electron chi connectivity index (χ4n) is 4.67. The summed E-state index contributed by atoms with van der Waals surface area (Å²) in [5.74, 6) is 0.306. The molecule has 4 aromatic carbocycles. The predicted molar refractivity (Wildman–Crippen MR) is 146 cm³/mol. The minimum absolute atomic E-state index is 0.244. The van der Waals surface area contributed by atoms with Crippen LogP contribution >= 0.6 is 11.6 Å². The number of fused-ring (bicyclic) bond motifs is 1. The average molecular weight is 533 g/mol. The highest BCUT2D eigenvalue weighted by Crippen LogP contribution is 2.35. The summed E-state index contributed by atoms with van der Waals surface area (Å²) in [6.07, 6.45) is 1.13. The molecule has 2 N–H and O–H groups in total. The fourth-order valence-corrected chi connectivity index (χ4v) is 6.05. The van der Waals surface area contributed by atoms with Gasteiger partial charge in [0.2, 0.25) is 10.0 Å². The molecule has 8 heteroatoms. The topological polar surface area (TPSA) is 84.5 Å². The molecule has 5 rings (SSSR count). The van der Waals surface area contributed by atoms with Gasteiger partial charge in [0.25, 0.3) is 5.91 Å². The molecule has 0 saturated heterocycles. The predicted octanol–water partition coefficient (Wildman–Crippen LogP) is 5.71. The van der Waals surface area contributed by atoms with Gasteiger partial charge in [-0.1, -0.05) is 54.1 Å². The van der Waals surface area contributed by atoms with Crippen LogP contribution in [0.15, 0.2) is 95.9 Å². The Labute approximate surface area is 221 Å². The van der Waals surface area contributed by atoms with Gasteiger partial charge in [0.15, 0.2) is 0 Å². The smallest absolute Gasteiger partial charge is 0.256 e. The summed E-state index contributed by atoms with van der Waals surface area (Å²) in [4.78, 5) is 13.6. The Hall–Kier alpha value is -3.65. The van der Waals surface area contributed by atoms with E-state index in [0.29, 0.717) is 40.4 Å². The number of methoxy groups -OCH3 is 1. The lowest BCUT2D eigenvalue weighted by molar-refractivity contribution is 0.102. The van der Waals surface area contributed by atoms with Crippen LogP contribution in [0.2, 0.25) is 5.02 Å². The van der Waals surface area contributed by atoms with Gasteiger partial charge in [-0.3, -0.25) is 4.79 Å². The first-order valence-electron chi connectivity index (χ1n) is 11.8. The maximum atomic E-state index is 13.4. The standard InChI is InChI=1S/C29H25ClN2O4S/c1-36-27-9-5-8-26(28(27)19-10-13-22(30)14-11-19)29(33)31-23-15-12-20-16-24(18-21(20)17-23)32-37(34,35)25-6-3-2-4-7-25/h2-15,17,24,32H,16,18H2,1H3,(H,31,33). The molecule has 1 aliphatic rings. The van der Waals surface area contributed by atoms with Gasteiger partial charge in [-0.2, -0.15) is 0 Å². The third kappa shape index (κ3) is 5.39. The van der Waals surface area contributed by atoms with Gasteiger partial charge in [0.05, 0.1) is 17.6 Å². The van der Waals surface area contributed by atoms with Crippen molar-refractivity contribution in [1.82, 2.24) is 4.72 Å². The number of amides is 1. The van der Waals surface area contributed by atoms with E-state index in [2.05, 4.69) is 10.0 Å². The second kappa shape index (κ2) is 10.4. The van der Waals surface area contributed by atoms with Crippen LogP contribution in [0.5, 0.6) is 5.75 Å². The quantitative estimate of drug-likeness (QED) is 0.319. The zero-order chi connectivity index (χ0) is 26.0. The van der Waals surface area contributed by atoms with E-state index < -0.39 is 10.0 Å². The number of carbonyl (C=O) groups is 1. The molecule has 1 atom stereocenters. The van der Waals surface area contributed by atoms with Crippen LogP contribution in [0, 0.1) is 0 Å². The molecule has 4 aromatic rings. The molecule has 0 radical (unpaired) electrons. The fraction of sp³-hybridized carbons (Fsp3) is 0.138. The summed E-state index contributed by atoms with van der Waals surface area (Å²) in [5.41, 5.74) is 4.66. The number of rotatable bonds is 7. The highest BCUT2D eigenvalue weighted by atomic mass is 35.5. The second-order valence-corrected chi connectivity index (χ2v) is 11.0. The maximum absolute atomic E-state index is 13.4. The Bertz CT molecular complexity index is 1560. The Kier molecular flexibility index (Phi) is 7.02. The third-order valence-electron chi connectivity index (χ3n) is 6.40. The molecule has 0 aliphatic heterocycles. The van der Waals surface area contributed by atoms with Gasteiger partial charge in [-0.15, -0.1) is 0 Å². The van der Waals surface area contributed by atoms with E-state index in [0.717, 1.165) is 16.7 Å². The molecule has 0 fully saturated rings. The van der Waals surface area contributed by atoms with Crippen molar-refractivity contribution < 1.29 is 17.9 Å². The molecule has 1 amide bonds. The molecule has 1 unspecified atom stereocenters. The second-order valence-electron chi connectivity index (χ2n) is 8.87. The van der Waals surface area contributed by atoms with Crippen molar-refractivity contribution in [3.8, 4) is 16.9 Å². The summed E-state index contributed by atoms with van der Waals surface area (Å²) in [7, 11) is -2.04. The van der Waals surface area contributed by atoms with Crippen molar-refractivity contribution in [2.45, 2.75) is 23.8 Å². The van der Waals surface area contributed by atoms with Crippen molar-refractivity contribution in [1.29, 1.82) is 0 Å². The van der Waals surface area contributed by atoms with Gasteiger partial charge >= 0.3 is 0 Å². The number of halogens is 1. The normalized spacial score (nSPS) is 14.7. The van der Waals surface area contributed by atoms with E-state index in [1.807, 2.05) is 36.4 Å². The molecule has 6 nitrogen and oxygen atoms in total. The van der Waals surface area contributed by atoms with Crippen LogP contribution in [0.25, 0.3) is 11.1 Å². The van der Waals surface area contributed by atoms with Crippen LogP contribution in [-0.2, 0) is 22.9 Å². The molecule has 188 valence electrons. The molecule has 0 bridgehead atoms. The highest BCUT2D eigenvalue weighted by molar-refractivity contribution is 7.89. The van der Waals surface area contributed by atoms with Crippen LogP contribution < -0.4 is 14.8 Å². The number of ether oxygens (including phenoxy) is 1. The van der Waals surface area contributed by atoms with Crippen molar-refractivity contribution in [3.05, 3.63) is 113 Å². The van der Waals surface area contributed by atoms with Crippen LogP contribution in [0.4, 0.5) is 5.69 Å². The van der Waals surface area contributed by atoms with E-state index in [-0.39, 0.29) is 16.8 Å². The first-order valence-corrected chi connectivity index (χ1v) is 13.6. The van der Waals surface area contributed by atoms with Gasteiger partial charge in [0, 0.05) is 22.3 Å². The zero-order valence-electron chi connectivity index (χ0n) is 20.1. The van der Waals surface area contributed by atoms with Crippen LogP contribution in [0.3, 0.4) is 0 Å². The number of carbonyl (C=O) groups excluding carboxylic acids is 1. The molecular formula is C29H25ClN2O4S. The van der Waals surface area contributed by atoms with E-state index in [1.165, 1.54) is 0 Å². The van der Waals surface area contributed by atoms with Crippen molar-refractivity contribution in [3.63, 3.8) is 0 Å². The summed E-state index contributed by atoms with van der Waals surface area (Å²) < 4.78 is 33.8. The van der Waals surface area contributed by atoms with Crippen molar-refractivity contribution in [2.75, 3.05) is 12.4 Å². The summed E-state index contributed by atoms with van der Waals surface area (Å²) >= 11 is 6.06. The first-order chi connectivity index (χ1) is 17.8. The highest BCUT2D eigenvalue weighted by Gasteiger charge is 2.27. The average Bonchev–Trinajstić information content (AvgIpc) is 3.30. The summed E-state index contributed by atoms with van der Waals surface area (Å²) in [5, 5.41) is 3.59. The third-order valence-corrected chi connectivity index (χ3v) is 8.18. The Morgan fingerprint density at radius 1 is 0.892 bits per heavy atom. The van der Waals surface area contributed by atoms with E-state index in [4.69, 9.17) is 16.3 Å². The van der Waals surface area contributed by atoms with E-state index in [1.54, 1.807) is 61.7 Å². The molecule has 0 aromatic heterocycles. The first kappa shape index (κ1) is 25.0. The number of anilines is 1. The number of hydrogen-bond acceptors (Lipinski definition) is 4. The minimum Gasteiger partial charge on any atom is -0.496 e. The lowest BCUT2D eigenvalue weighted by Crippen LogP contribution is -2.35. The van der Waals surface area contributed by atoms with Crippen LogP contribution in [0.1, 0.15) is 21.5 Å². The van der Waals surface area contributed by atoms with Gasteiger partial charge in [-0.05, 0) is 78.1 Å². The molecule has 0 saturated carbocycles. The Morgan fingerprint density at radius 3 is 2.35 bits per heavy atom. The molecule has 37 heavy (non-hydrogen) atoms. The van der Waals surface area contributed by atoms with E-state index >= 15 is 0 Å². The lowest BCUT2D eigenvalue weighted by atomic mass is 9.97. The Balaban J connectivity index is 1.35. The largest absolute Gasteiger partial charge is 0.496 e. The minimum atomic E-state index is -3.61. The number of nitrogens with one attached hydrogen (secondary N) is 2. The van der Waals surface area contributed by atoms with Crippen molar-refractivity contribution in [2.24, 2.45) is 0 Å². The molecular weight excluding hydrogens is 508 g/mol. The SMILES string of the molecule is COc1cccc(C(=O)Nc2ccc3c(c2)CC(NS(=O)(=O)c2ccccc2)C3)c1-c1ccc(Cl)cc1. The number of hydrogen-bond donors (Lipinski definition) is 2. The van der Waals surface area contributed by atoms with Crippen LogP contribution in [-0.4, -0.2) is 27.5 Å².